The van der Waals surface area contributed by atoms with Crippen LogP contribution in [0.2, 0.25) is 0 Å². The summed E-state index contributed by atoms with van der Waals surface area (Å²) in [6.45, 7) is 0.733. The van der Waals surface area contributed by atoms with E-state index in [9.17, 15) is 4.79 Å². The van der Waals surface area contributed by atoms with E-state index >= 15 is 0 Å². The van der Waals surface area contributed by atoms with Crippen molar-refractivity contribution in [3.63, 3.8) is 0 Å². The van der Waals surface area contributed by atoms with Crippen molar-refractivity contribution < 1.29 is 4.79 Å². The van der Waals surface area contributed by atoms with Gasteiger partial charge in [-0.3, -0.25) is 9.48 Å². The van der Waals surface area contributed by atoms with Gasteiger partial charge in [0.15, 0.2) is 5.69 Å². The van der Waals surface area contributed by atoms with E-state index in [0.29, 0.717) is 5.69 Å². The number of carbonyl (C=O) groups is 1. The summed E-state index contributed by atoms with van der Waals surface area (Å²) >= 11 is 0. The molecule has 0 spiro atoms. The molecule has 7 nitrogen and oxygen atoms in total. The maximum Gasteiger partial charge on any atom is 0.276 e. The molecule has 3 heterocycles. The summed E-state index contributed by atoms with van der Waals surface area (Å²) in [4.78, 5) is 16.2. The maximum atomic E-state index is 12.9. The average Bonchev–Trinajstić information content (AvgIpc) is 3.35. The number of amides is 1. The number of likely N-dealkylation sites (tertiary alicyclic amines) is 1. The van der Waals surface area contributed by atoms with Crippen LogP contribution in [0.15, 0.2) is 48.9 Å². The molecule has 0 radical (unpaired) electrons. The zero-order valence-electron chi connectivity index (χ0n) is 13.4. The minimum Gasteiger partial charge on any atom is -0.330 e. The van der Waals surface area contributed by atoms with E-state index in [1.165, 1.54) is 11.0 Å². The van der Waals surface area contributed by atoms with Crippen molar-refractivity contribution >= 4 is 5.91 Å². The molecule has 122 valence electrons. The normalized spacial score (nSPS) is 17.4. The minimum atomic E-state index is -0.0801. The van der Waals surface area contributed by atoms with Gasteiger partial charge in [-0.15, -0.1) is 5.10 Å². The highest BCUT2D eigenvalue weighted by Gasteiger charge is 2.32. The summed E-state index contributed by atoms with van der Waals surface area (Å²) in [6, 6.07) is 9.64. The van der Waals surface area contributed by atoms with Crippen LogP contribution < -0.4 is 0 Å². The summed E-state index contributed by atoms with van der Waals surface area (Å²) in [6.07, 6.45) is 7.27. The molecule has 0 N–H and O–H groups in total. The summed E-state index contributed by atoms with van der Waals surface area (Å²) < 4.78 is 1.77. The van der Waals surface area contributed by atoms with E-state index in [1.807, 2.05) is 54.7 Å². The molecular weight excluding hydrogens is 304 g/mol. The molecule has 1 unspecified atom stereocenters. The quantitative estimate of drug-likeness (QED) is 0.739. The average molecular weight is 322 g/mol. The number of rotatable bonds is 3. The molecule has 7 heteroatoms. The molecule has 2 aromatic heterocycles. The first-order valence-electron chi connectivity index (χ1n) is 7.99. The van der Waals surface area contributed by atoms with Crippen molar-refractivity contribution in [3.8, 4) is 5.69 Å². The third-order valence-corrected chi connectivity index (χ3v) is 4.32. The summed E-state index contributed by atoms with van der Waals surface area (Å²) in [7, 11) is 1.88. The van der Waals surface area contributed by atoms with Gasteiger partial charge >= 0.3 is 0 Å². The number of para-hydroxylation sites is 1. The van der Waals surface area contributed by atoms with Crippen LogP contribution in [-0.4, -0.2) is 42.1 Å². The van der Waals surface area contributed by atoms with Crippen molar-refractivity contribution in [3.05, 3.63) is 60.2 Å². The first-order chi connectivity index (χ1) is 11.7. The Bertz CT molecular complexity index is 853. The number of benzene rings is 1. The van der Waals surface area contributed by atoms with E-state index in [0.717, 1.165) is 30.6 Å². The lowest BCUT2D eigenvalue weighted by Crippen LogP contribution is -2.30. The van der Waals surface area contributed by atoms with Gasteiger partial charge in [-0.2, -0.15) is 15.0 Å². The highest BCUT2D eigenvalue weighted by molar-refractivity contribution is 5.92. The largest absolute Gasteiger partial charge is 0.330 e. The second-order valence-electron chi connectivity index (χ2n) is 5.96. The van der Waals surface area contributed by atoms with Crippen LogP contribution in [0.3, 0.4) is 0 Å². The van der Waals surface area contributed by atoms with E-state index < -0.39 is 0 Å². The predicted octanol–water partition coefficient (Wildman–Crippen LogP) is 1.98. The SMILES string of the molecule is Cn1cc(C2CCCN2C(=O)c2cnn(-c3ccccc3)n2)cn1. The lowest BCUT2D eigenvalue weighted by molar-refractivity contribution is 0.0729. The molecule has 0 aliphatic carbocycles. The van der Waals surface area contributed by atoms with Crippen LogP contribution in [0.25, 0.3) is 5.69 Å². The second-order valence-corrected chi connectivity index (χ2v) is 5.96. The lowest BCUT2D eigenvalue weighted by atomic mass is 10.1. The van der Waals surface area contributed by atoms with Gasteiger partial charge in [0.1, 0.15) is 0 Å². The van der Waals surface area contributed by atoms with Crippen molar-refractivity contribution in [1.82, 2.24) is 29.7 Å². The lowest BCUT2D eigenvalue weighted by Gasteiger charge is -2.22. The van der Waals surface area contributed by atoms with Gasteiger partial charge in [-0.05, 0) is 25.0 Å². The molecule has 1 saturated heterocycles. The van der Waals surface area contributed by atoms with Crippen molar-refractivity contribution in [2.45, 2.75) is 18.9 Å². The zero-order valence-corrected chi connectivity index (χ0v) is 13.4. The fraction of sp³-hybridized carbons (Fsp3) is 0.294. The van der Waals surface area contributed by atoms with E-state index in [4.69, 9.17) is 0 Å². The smallest absolute Gasteiger partial charge is 0.276 e. The van der Waals surface area contributed by atoms with Crippen LogP contribution in [0.5, 0.6) is 0 Å². The summed E-state index contributed by atoms with van der Waals surface area (Å²) in [5.41, 5.74) is 2.27. The number of aromatic nitrogens is 5. The van der Waals surface area contributed by atoms with Gasteiger partial charge < -0.3 is 4.90 Å². The van der Waals surface area contributed by atoms with Gasteiger partial charge in [0.2, 0.25) is 0 Å². The Hall–Kier alpha value is -2.96. The van der Waals surface area contributed by atoms with Gasteiger partial charge in [0.25, 0.3) is 5.91 Å². The molecular formula is C17H18N6O. The molecule has 3 aromatic rings. The first-order valence-corrected chi connectivity index (χ1v) is 7.99. The fourth-order valence-corrected chi connectivity index (χ4v) is 3.16. The summed E-state index contributed by atoms with van der Waals surface area (Å²) in [5.74, 6) is -0.0801. The number of hydrogen-bond acceptors (Lipinski definition) is 4. The fourth-order valence-electron chi connectivity index (χ4n) is 3.16. The highest BCUT2D eigenvalue weighted by atomic mass is 16.2. The van der Waals surface area contributed by atoms with Crippen molar-refractivity contribution in [2.24, 2.45) is 7.05 Å². The number of aryl methyl sites for hydroxylation is 1. The Balaban J connectivity index is 1.58. The third kappa shape index (κ3) is 2.58. The molecule has 1 aromatic carbocycles. The maximum absolute atomic E-state index is 12.9. The standard InChI is InChI=1S/C17H18N6O/c1-21-12-13(10-18-21)16-8-5-9-22(16)17(24)15-11-19-23(20-15)14-6-3-2-4-7-14/h2-4,6-7,10-12,16H,5,8-9H2,1H3. The Labute approximate surface area is 139 Å². The topological polar surface area (TPSA) is 68.8 Å². The van der Waals surface area contributed by atoms with Gasteiger partial charge in [-0.25, -0.2) is 0 Å². The highest BCUT2D eigenvalue weighted by Crippen LogP contribution is 2.32. The third-order valence-electron chi connectivity index (χ3n) is 4.32. The summed E-state index contributed by atoms with van der Waals surface area (Å²) in [5, 5.41) is 12.8. The number of carbonyl (C=O) groups excluding carboxylic acids is 1. The van der Waals surface area contributed by atoms with E-state index in [2.05, 4.69) is 15.3 Å². The minimum absolute atomic E-state index is 0.0630. The first kappa shape index (κ1) is 14.6. The van der Waals surface area contributed by atoms with Crippen molar-refractivity contribution in [2.75, 3.05) is 6.54 Å². The van der Waals surface area contributed by atoms with Crippen LogP contribution >= 0.6 is 0 Å². The monoisotopic (exact) mass is 322 g/mol. The number of hydrogen-bond donors (Lipinski definition) is 0. The number of nitrogens with zero attached hydrogens (tertiary/aromatic N) is 6. The molecule has 0 saturated carbocycles. The second kappa shape index (κ2) is 5.92. The van der Waals surface area contributed by atoms with E-state index in [1.54, 1.807) is 4.68 Å². The van der Waals surface area contributed by atoms with Gasteiger partial charge in [0.05, 0.1) is 24.1 Å². The Morgan fingerprint density at radius 1 is 1.17 bits per heavy atom. The zero-order chi connectivity index (χ0) is 16.5. The van der Waals surface area contributed by atoms with Crippen LogP contribution in [0.4, 0.5) is 0 Å². The molecule has 24 heavy (non-hydrogen) atoms. The van der Waals surface area contributed by atoms with Crippen LogP contribution in [0.1, 0.15) is 34.9 Å². The molecule has 1 aliphatic heterocycles. The Morgan fingerprint density at radius 2 is 2.00 bits per heavy atom. The molecule has 1 atom stereocenters. The molecule has 1 aliphatic rings. The predicted molar refractivity (Wildman–Crippen MR) is 87.6 cm³/mol. The van der Waals surface area contributed by atoms with Crippen molar-refractivity contribution in [1.29, 1.82) is 0 Å². The Kier molecular flexibility index (Phi) is 3.60. The molecule has 0 bridgehead atoms. The molecule has 1 fully saturated rings. The van der Waals surface area contributed by atoms with Crippen LogP contribution in [-0.2, 0) is 7.05 Å². The van der Waals surface area contributed by atoms with Gasteiger partial charge in [0, 0.05) is 25.4 Å². The van der Waals surface area contributed by atoms with E-state index in [-0.39, 0.29) is 11.9 Å². The van der Waals surface area contributed by atoms with Crippen LogP contribution in [0, 0.1) is 0 Å². The van der Waals surface area contributed by atoms with Gasteiger partial charge in [-0.1, -0.05) is 18.2 Å². The molecule has 4 rings (SSSR count). The molecule has 1 amide bonds. The Morgan fingerprint density at radius 3 is 2.75 bits per heavy atom.